The van der Waals surface area contributed by atoms with Crippen LogP contribution in [0.1, 0.15) is 30.9 Å². The highest BCUT2D eigenvalue weighted by atomic mass is 127. The first-order valence-corrected chi connectivity index (χ1v) is 10.2. The minimum Gasteiger partial charge on any atom is -0.367 e. The Bertz CT molecular complexity index is 828. The van der Waals surface area contributed by atoms with Crippen LogP contribution in [0.4, 0.5) is 5.69 Å². The van der Waals surface area contributed by atoms with Gasteiger partial charge in [-0.25, -0.2) is 0 Å². The number of aromatic nitrogens is 5. The van der Waals surface area contributed by atoms with Crippen molar-refractivity contribution >= 4 is 35.6 Å². The van der Waals surface area contributed by atoms with Crippen molar-refractivity contribution in [2.75, 3.05) is 31.6 Å². The van der Waals surface area contributed by atoms with E-state index in [1.807, 2.05) is 31.9 Å². The summed E-state index contributed by atoms with van der Waals surface area (Å²) in [5, 5.41) is 19.9. The molecule has 2 aliphatic heterocycles. The Morgan fingerprint density at radius 2 is 2.14 bits per heavy atom. The lowest BCUT2D eigenvalue weighted by atomic mass is 9.99. The topological polar surface area (TPSA) is 88.2 Å². The highest BCUT2D eigenvalue weighted by molar-refractivity contribution is 14.0. The van der Waals surface area contributed by atoms with Crippen LogP contribution in [-0.4, -0.2) is 63.2 Å². The minimum absolute atomic E-state index is 0. The molecule has 2 atom stereocenters. The molecule has 0 saturated carbocycles. The first-order valence-electron chi connectivity index (χ1n) is 10.2. The molecule has 0 amide bonds. The number of nitrogens with zero attached hydrogens (tertiary/aromatic N) is 7. The van der Waals surface area contributed by atoms with Crippen LogP contribution in [0.25, 0.3) is 0 Å². The average Bonchev–Trinajstić information content (AvgIpc) is 3.31. The Labute approximate surface area is 189 Å². The quantitative estimate of drug-likeness (QED) is 0.365. The summed E-state index contributed by atoms with van der Waals surface area (Å²) in [4.78, 5) is 6.85. The fourth-order valence-electron chi connectivity index (χ4n) is 4.23. The molecule has 2 N–H and O–H groups in total. The van der Waals surface area contributed by atoms with Gasteiger partial charge in [0.15, 0.2) is 5.96 Å². The second kappa shape index (κ2) is 9.77. The molecule has 2 aromatic rings. The number of hydrogen-bond acceptors (Lipinski definition) is 5. The second-order valence-electron chi connectivity index (χ2n) is 7.93. The first-order chi connectivity index (χ1) is 13.6. The lowest BCUT2D eigenvalue weighted by Gasteiger charge is -2.34. The van der Waals surface area contributed by atoms with Crippen molar-refractivity contribution < 1.29 is 0 Å². The number of hydrogen-bond donors (Lipinski definition) is 2. The predicted molar refractivity (Wildman–Crippen MR) is 125 cm³/mol. The Hall–Kier alpha value is -1.85. The summed E-state index contributed by atoms with van der Waals surface area (Å²) in [5.74, 6) is 3.59. The number of guanidine groups is 1. The van der Waals surface area contributed by atoms with Gasteiger partial charge in [-0.15, -0.1) is 34.2 Å². The summed E-state index contributed by atoms with van der Waals surface area (Å²) in [5.41, 5.74) is 1.19. The Balaban J connectivity index is 0.00000240. The van der Waals surface area contributed by atoms with E-state index < -0.39 is 0 Å². The SMILES string of the molecule is CN=C(NCC1CCc2nnc(C)n2C1)NC1CCCN(c2cnn(C)c2)C1.I. The lowest BCUT2D eigenvalue weighted by Crippen LogP contribution is -2.52. The zero-order chi connectivity index (χ0) is 19.5. The number of halogens is 1. The van der Waals surface area contributed by atoms with E-state index in [4.69, 9.17) is 0 Å². The van der Waals surface area contributed by atoms with Crippen molar-refractivity contribution in [3.63, 3.8) is 0 Å². The molecule has 0 bridgehead atoms. The highest BCUT2D eigenvalue weighted by Crippen LogP contribution is 2.20. The molecule has 4 rings (SSSR count). The normalized spacial score (nSPS) is 22.0. The maximum absolute atomic E-state index is 4.45. The average molecular weight is 513 g/mol. The van der Waals surface area contributed by atoms with E-state index in [1.54, 1.807) is 0 Å². The van der Waals surface area contributed by atoms with E-state index in [1.165, 1.54) is 12.1 Å². The fraction of sp³-hybridized carbons (Fsp3) is 0.684. The molecule has 0 spiro atoms. The van der Waals surface area contributed by atoms with Crippen molar-refractivity contribution in [1.82, 2.24) is 35.2 Å². The van der Waals surface area contributed by atoms with E-state index in [9.17, 15) is 0 Å². The summed E-state index contributed by atoms with van der Waals surface area (Å²) in [6.07, 6.45) is 8.49. The monoisotopic (exact) mass is 513 g/mol. The second-order valence-corrected chi connectivity index (χ2v) is 7.93. The van der Waals surface area contributed by atoms with Crippen molar-refractivity contribution in [2.24, 2.45) is 18.0 Å². The van der Waals surface area contributed by atoms with Crippen molar-refractivity contribution in [1.29, 1.82) is 0 Å². The smallest absolute Gasteiger partial charge is 0.191 e. The van der Waals surface area contributed by atoms with Gasteiger partial charge in [-0.05, 0) is 32.1 Å². The molecule has 0 aromatic carbocycles. The number of aliphatic imine (C=N–C) groups is 1. The number of nitrogens with one attached hydrogen (secondary N) is 2. The van der Waals surface area contributed by atoms with Crippen LogP contribution in [-0.2, 0) is 20.0 Å². The number of anilines is 1. The van der Waals surface area contributed by atoms with Gasteiger partial charge in [0.25, 0.3) is 0 Å². The molecule has 1 saturated heterocycles. The molecule has 160 valence electrons. The standard InChI is InChI=1S/C19H31N9.HI/c1-14-24-25-18-7-6-15(11-28(14)18)9-21-19(20-2)23-16-5-4-8-27(12-16)17-10-22-26(3)13-17;/h10,13,15-16H,4-9,11-12H2,1-3H3,(H2,20,21,23);1H. The molecule has 0 aliphatic carbocycles. The van der Waals surface area contributed by atoms with Gasteiger partial charge in [-0.1, -0.05) is 0 Å². The van der Waals surface area contributed by atoms with Gasteiger partial charge in [0.05, 0.1) is 11.9 Å². The lowest BCUT2D eigenvalue weighted by molar-refractivity contribution is 0.357. The molecule has 29 heavy (non-hydrogen) atoms. The largest absolute Gasteiger partial charge is 0.367 e. The van der Waals surface area contributed by atoms with Crippen LogP contribution in [0.15, 0.2) is 17.4 Å². The maximum atomic E-state index is 4.45. The van der Waals surface area contributed by atoms with Crippen LogP contribution >= 0.6 is 24.0 Å². The van der Waals surface area contributed by atoms with Crippen molar-refractivity contribution in [3.05, 3.63) is 24.0 Å². The summed E-state index contributed by atoms with van der Waals surface area (Å²) in [7, 11) is 3.81. The predicted octanol–water partition coefficient (Wildman–Crippen LogP) is 1.33. The van der Waals surface area contributed by atoms with E-state index in [0.29, 0.717) is 12.0 Å². The molecule has 2 aromatic heterocycles. The molecule has 1 fully saturated rings. The molecule has 9 nitrogen and oxygen atoms in total. The summed E-state index contributed by atoms with van der Waals surface area (Å²) < 4.78 is 4.11. The molecule has 4 heterocycles. The van der Waals surface area contributed by atoms with Gasteiger partial charge in [-0.3, -0.25) is 9.67 Å². The highest BCUT2D eigenvalue weighted by Gasteiger charge is 2.24. The third kappa shape index (κ3) is 5.20. The van der Waals surface area contributed by atoms with Gasteiger partial charge in [0.1, 0.15) is 11.6 Å². The molecular weight excluding hydrogens is 481 g/mol. The van der Waals surface area contributed by atoms with Crippen LogP contribution in [0.2, 0.25) is 0 Å². The Morgan fingerprint density at radius 3 is 2.90 bits per heavy atom. The third-order valence-electron chi connectivity index (χ3n) is 5.83. The maximum Gasteiger partial charge on any atom is 0.191 e. The van der Waals surface area contributed by atoms with Gasteiger partial charge < -0.3 is 20.1 Å². The van der Waals surface area contributed by atoms with Crippen LogP contribution in [0, 0.1) is 12.8 Å². The third-order valence-corrected chi connectivity index (χ3v) is 5.83. The zero-order valence-electron chi connectivity index (χ0n) is 17.5. The van der Waals surface area contributed by atoms with Gasteiger partial charge in [-0.2, -0.15) is 5.10 Å². The molecule has 0 radical (unpaired) electrons. The number of rotatable bonds is 4. The first kappa shape index (κ1) is 21.8. The number of fused-ring (bicyclic) bond motifs is 1. The Morgan fingerprint density at radius 1 is 1.28 bits per heavy atom. The van der Waals surface area contributed by atoms with Crippen LogP contribution in [0.5, 0.6) is 0 Å². The van der Waals surface area contributed by atoms with Gasteiger partial charge in [0, 0.05) is 58.9 Å². The molecule has 2 aliphatic rings. The minimum atomic E-state index is 0. The molecule has 10 heteroatoms. The van der Waals surface area contributed by atoms with Crippen LogP contribution < -0.4 is 15.5 Å². The van der Waals surface area contributed by atoms with Crippen LogP contribution in [0.3, 0.4) is 0 Å². The van der Waals surface area contributed by atoms with Gasteiger partial charge in [0.2, 0.25) is 0 Å². The molecule has 2 unspecified atom stereocenters. The number of piperidine rings is 1. The van der Waals surface area contributed by atoms with Crippen molar-refractivity contribution in [2.45, 2.75) is 45.2 Å². The summed E-state index contributed by atoms with van der Waals surface area (Å²) in [6.45, 7) is 5.98. The van der Waals surface area contributed by atoms with Crippen molar-refractivity contribution in [3.8, 4) is 0 Å². The summed E-state index contributed by atoms with van der Waals surface area (Å²) in [6, 6.07) is 0.387. The van der Waals surface area contributed by atoms with E-state index in [2.05, 4.69) is 46.6 Å². The number of aryl methyl sites for hydroxylation is 3. The Kier molecular flexibility index (Phi) is 7.36. The van der Waals surface area contributed by atoms with E-state index in [0.717, 1.165) is 63.0 Å². The fourth-order valence-corrected chi connectivity index (χ4v) is 4.23. The zero-order valence-corrected chi connectivity index (χ0v) is 19.8. The van der Waals surface area contributed by atoms with E-state index in [-0.39, 0.29) is 24.0 Å². The van der Waals surface area contributed by atoms with E-state index >= 15 is 0 Å². The molecular formula is C19H32IN9. The summed E-state index contributed by atoms with van der Waals surface area (Å²) >= 11 is 0. The van der Waals surface area contributed by atoms with Gasteiger partial charge >= 0.3 is 0 Å².